The molecule has 3 N–H and O–H groups in total. The van der Waals surface area contributed by atoms with E-state index in [0.717, 1.165) is 29.7 Å². The van der Waals surface area contributed by atoms with E-state index in [0.29, 0.717) is 24.2 Å². The van der Waals surface area contributed by atoms with Gasteiger partial charge in [-0.1, -0.05) is 19.2 Å². The summed E-state index contributed by atoms with van der Waals surface area (Å²) in [6.07, 6.45) is 2.10. The number of phenols is 1. The molecule has 6 heteroatoms. The molecule has 27 heavy (non-hydrogen) atoms. The van der Waals surface area contributed by atoms with Crippen molar-refractivity contribution in [2.24, 2.45) is 0 Å². The van der Waals surface area contributed by atoms with Gasteiger partial charge in [-0.25, -0.2) is 4.39 Å². The Balaban J connectivity index is 1.84. The second-order valence-corrected chi connectivity index (χ2v) is 7.34. The predicted molar refractivity (Wildman–Crippen MR) is 105 cm³/mol. The van der Waals surface area contributed by atoms with Crippen LogP contribution in [0.3, 0.4) is 0 Å². The highest BCUT2D eigenvalue weighted by Crippen LogP contribution is 2.40. The number of rotatable bonds is 5. The fourth-order valence-electron chi connectivity index (χ4n) is 3.50. The van der Waals surface area contributed by atoms with E-state index >= 15 is 0 Å². The van der Waals surface area contributed by atoms with E-state index in [1.54, 1.807) is 32.3 Å². The number of allylic oxidation sites excluding steroid dienone is 2. The molecule has 0 aliphatic heterocycles. The quantitative estimate of drug-likeness (QED) is 0.691. The van der Waals surface area contributed by atoms with Crippen molar-refractivity contribution in [2.75, 3.05) is 19.4 Å². The first-order valence-electron chi connectivity index (χ1n) is 9.14. The molecule has 0 spiro atoms. The predicted octanol–water partition coefficient (Wildman–Crippen LogP) is 3.71. The van der Waals surface area contributed by atoms with Gasteiger partial charge >= 0.3 is 0 Å². The first kappa shape index (κ1) is 19.0. The number of carbonyl (C=O) groups is 1. The normalized spacial score (nSPS) is 22.3. The van der Waals surface area contributed by atoms with Crippen LogP contribution in [-0.4, -0.2) is 42.2 Å². The minimum absolute atomic E-state index is 0.0562. The van der Waals surface area contributed by atoms with Crippen molar-refractivity contribution in [2.45, 2.75) is 37.9 Å². The molecule has 2 atom stereocenters. The van der Waals surface area contributed by atoms with Crippen molar-refractivity contribution >= 4 is 11.6 Å². The molecule has 0 heterocycles. The topological polar surface area (TPSA) is 64.6 Å². The summed E-state index contributed by atoms with van der Waals surface area (Å²) < 4.78 is 13.7. The zero-order valence-corrected chi connectivity index (χ0v) is 15.8. The van der Waals surface area contributed by atoms with Crippen LogP contribution in [0.25, 0.3) is 0 Å². The van der Waals surface area contributed by atoms with Crippen molar-refractivity contribution in [1.29, 1.82) is 0 Å². The lowest BCUT2D eigenvalue weighted by Gasteiger charge is -2.35. The van der Waals surface area contributed by atoms with Gasteiger partial charge in [0.2, 0.25) is 0 Å². The molecule has 1 fully saturated rings. The van der Waals surface area contributed by atoms with Gasteiger partial charge in [-0.05, 0) is 37.8 Å². The molecule has 0 aromatic heterocycles. The van der Waals surface area contributed by atoms with Crippen LogP contribution in [-0.2, 0) is 0 Å². The van der Waals surface area contributed by atoms with Crippen LogP contribution in [0.2, 0.25) is 0 Å². The lowest BCUT2D eigenvalue weighted by Crippen LogP contribution is -2.39. The average Bonchev–Trinajstić information content (AvgIpc) is 2.64. The number of phenolic OH excluding ortho intramolecular Hbond substituents is 1. The largest absolute Gasteiger partial charge is 0.505 e. The average molecular weight is 371 g/mol. The Kier molecular flexibility index (Phi) is 5.26. The number of hydrogen-bond acceptors (Lipinski definition) is 4. The zero-order chi connectivity index (χ0) is 19.7. The molecule has 1 amide bonds. The Morgan fingerprint density at radius 1 is 1.22 bits per heavy atom. The maximum Gasteiger partial charge on any atom is 0.257 e. The molecule has 1 aromatic rings. The number of para-hydroxylation sites is 1. The van der Waals surface area contributed by atoms with Crippen LogP contribution in [0, 0.1) is 0 Å². The molecule has 0 saturated heterocycles. The van der Waals surface area contributed by atoms with Crippen LogP contribution >= 0.6 is 0 Å². The Morgan fingerprint density at radius 3 is 2.59 bits per heavy atom. The van der Waals surface area contributed by atoms with Crippen molar-refractivity contribution in [3.8, 4) is 5.75 Å². The van der Waals surface area contributed by atoms with Gasteiger partial charge in [0.15, 0.2) is 5.75 Å². The first-order chi connectivity index (χ1) is 12.8. The van der Waals surface area contributed by atoms with Gasteiger partial charge < -0.3 is 20.6 Å². The summed E-state index contributed by atoms with van der Waals surface area (Å²) in [5, 5.41) is 17.0. The number of carbonyl (C=O) groups excluding carboxylic acids is 1. The summed E-state index contributed by atoms with van der Waals surface area (Å²) in [5.41, 5.74) is 3.65. The summed E-state index contributed by atoms with van der Waals surface area (Å²) in [5.74, 6) is -0.397. The van der Waals surface area contributed by atoms with Gasteiger partial charge in [0, 0.05) is 31.3 Å². The second kappa shape index (κ2) is 7.47. The number of amides is 1. The number of hydrogen-bond donors (Lipinski definition) is 3. The van der Waals surface area contributed by atoms with E-state index in [-0.39, 0.29) is 23.3 Å². The summed E-state index contributed by atoms with van der Waals surface area (Å²) in [4.78, 5) is 13.6. The number of benzene rings is 1. The van der Waals surface area contributed by atoms with Crippen molar-refractivity contribution < 1.29 is 14.3 Å². The van der Waals surface area contributed by atoms with E-state index < -0.39 is 6.17 Å². The number of nitrogens with one attached hydrogen (secondary N) is 2. The summed E-state index contributed by atoms with van der Waals surface area (Å²) in [6, 6.07) is 5.03. The number of alkyl halides is 1. The molecule has 1 aromatic carbocycles. The van der Waals surface area contributed by atoms with Gasteiger partial charge in [0.25, 0.3) is 5.91 Å². The standard InChI is InChI=1S/C21H26FN3O2/c1-12-13(2)19(18(12)23-15-8-5-7-14(22)11-15)24-17-10-6-9-16(20(17)26)21(27)25(3)4/h6,9-10,14-15,23-24,26H,1-2,5,7-8,11H2,3-4H3/t14-,15?/m1/s1. The van der Waals surface area contributed by atoms with E-state index in [2.05, 4.69) is 23.8 Å². The molecule has 2 aliphatic carbocycles. The van der Waals surface area contributed by atoms with E-state index in [1.165, 1.54) is 4.90 Å². The minimum atomic E-state index is -0.775. The first-order valence-corrected chi connectivity index (χ1v) is 9.14. The Bertz CT molecular complexity index is 829. The molecular weight excluding hydrogens is 345 g/mol. The summed E-state index contributed by atoms with van der Waals surface area (Å²) in [6.45, 7) is 8.02. The third-order valence-corrected chi connectivity index (χ3v) is 5.11. The zero-order valence-electron chi connectivity index (χ0n) is 15.8. The highest BCUT2D eigenvalue weighted by Gasteiger charge is 2.31. The third kappa shape index (κ3) is 3.70. The Morgan fingerprint density at radius 2 is 1.93 bits per heavy atom. The third-order valence-electron chi connectivity index (χ3n) is 5.11. The van der Waals surface area contributed by atoms with Crippen LogP contribution in [0.15, 0.2) is 53.9 Å². The minimum Gasteiger partial charge on any atom is -0.505 e. The maximum absolute atomic E-state index is 13.7. The van der Waals surface area contributed by atoms with Gasteiger partial charge in [0.1, 0.15) is 6.17 Å². The highest BCUT2D eigenvalue weighted by molar-refractivity contribution is 5.98. The van der Waals surface area contributed by atoms with Crippen molar-refractivity contribution in [3.63, 3.8) is 0 Å². The Hall–Kier alpha value is -2.76. The maximum atomic E-state index is 13.7. The van der Waals surface area contributed by atoms with Crippen molar-refractivity contribution in [1.82, 2.24) is 10.2 Å². The summed E-state index contributed by atoms with van der Waals surface area (Å²) >= 11 is 0. The number of nitrogens with zero attached hydrogens (tertiary/aromatic N) is 1. The van der Waals surface area contributed by atoms with E-state index in [4.69, 9.17) is 0 Å². The van der Waals surface area contributed by atoms with Gasteiger partial charge in [-0.15, -0.1) is 0 Å². The fraction of sp³-hybridized carbons (Fsp3) is 0.381. The van der Waals surface area contributed by atoms with Crippen LogP contribution in [0.4, 0.5) is 10.1 Å². The van der Waals surface area contributed by atoms with Crippen LogP contribution < -0.4 is 10.6 Å². The van der Waals surface area contributed by atoms with Gasteiger partial charge in [-0.2, -0.15) is 0 Å². The van der Waals surface area contributed by atoms with E-state index in [9.17, 15) is 14.3 Å². The molecule has 0 bridgehead atoms. The fourth-order valence-corrected chi connectivity index (χ4v) is 3.50. The number of aromatic hydroxyl groups is 1. The molecule has 0 radical (unpaired) electrons. The molecule has 5 nitrogen and oxygen atoms in total. The molecule has 2 aliphatic rings. The van der Waals surface area contributed by atoms with Crippen LogP contribution in [0.1, 0.15) is 36.0 Å². The number of halogens is 1. The number of anilines is 1. The second-order valence-electron chi connectivity index (χ2n) is 7.34. The van der Waals surface area contributed by atoms with Crippen molar-refractivity contribution in [3.05, 3.63) is 59.5 Å². The monoisotopic (exact) mass is 371 g/mol. The molecule has 1 unspecified atom stereocenters. The lowest BCUT2D eigenvalue weighted by atomic mass is 9.86. The molecule has 1 saturated carbocycles. The van der Waals surface area contributed by atoms with Gasteiger partial charge in [0.05, 0.1) is 22.6 Å². The summed E-state index contributed by atoms with van der Waals surface area (Å²) in [7, 11) is 3.26. The lowest BCUT2D eigenvalue weighted by molar-refractivity contribution is 0.0824. The molecule has 3 rings (SSSR count). The van der Waals surface area contributed by atoms with E-state index in [1.807, 2.05) is 0 Å². The smallest absolute Gasteiger partial charge is 0.257 e. The molecule has 144 valence electrons. The highest BCUT2D eigenvalue weighted by atomic mass is 19.1. The van der Waals surface area contributed by atoms with Crippen LogP contribution in [0.5, 0.6) is 5.75 Å². The Labute approximate surface area is 159 Å². The molecular formula is C21H26FN3O2. The SMILES string of the molecule is C=C1C(=C)C(NC2CCC[C@@H](F)C2)=C1Nc1cccc(C(=O)N(C)C)c1O. The van der Waals surface area contributed by atoms with Gasteiger partial charge in [-0.3, -0.25) is 4.79 Å².